The van der Waals surface area contributed by atoms with Crippen molar-refractivity contribution in [1.82, 2.24) is 16.0 Å². The molecule has 0 saturated heterocycles. The molecule has 0 radical (unpaired) electrons. The predicted octanol–water partition coefficient (Wildman–Crippen LogP) is 5.32. The zero-order chi connectivity index (χ0) is 26.5. The third-order valence-electron chi connectivity index (χ3n) is 5.91. The number of carbonyl (C=O) groups excluding carboxylic acids is 2. The molecule has 1 fully saturated rings. The molecule has 0 bridgehead atoms. The van der Waals surface area contributed by atoms with Gasteiger partial charge in [0.15, 0.2) is 0 Å². The van der Waals surface area contributed by atoms with Crippen molar-refractivity contribution < 1.29 is 35.9 Å². The molecule has 0 spiro atoms. The van der Waals surface area contributed by atoms with Gasteiger partial charge in [-0.25, -0.2) is 0 Å². The Morgan fingerprint density at radius 3 is 2.25 bits per heavy atom. The van der Waals surface area contributed by atoms with E-state index in [1.807, 2.05) is 0 Å². The normalized spacial score (nSPS) is 18.5. The van der Waals surface area contributed by atoms with Crippen molar-refractivity contribution >= 4 is 23.4 Å². The van der Waals surface area contributed by atoms with Crippen LogP contribution >= 0.6 is 11.6 Å². The quantitative estimate of drug-likeness (QED) is 0.420. The van der Waals surface area contributed by atoms with Gasteiger partial charge in [-0.3, -0.25) is 9.59 Å². The Balaban J connectivity index is 1.56. The van der Waals surface area contributed by atoms with Crippen LogP contribution in [0.4, 0.5) is 26.3 Å². The highest BCUT2D eigenvalue weighted by atomic mass is 35.5. The summed E-state index contributed by atoms with van der Waals surface area (Å²) >= 11 is 5.96. The molecule has 0 aliphatic heterocycles. The number of nitrogens with one attached hydrogen (secondary N) is 3. The highest BCUT2D eigenvalue weighted by Crippen LogP contribution is 2.36. The van der Waals surface area contributed by atoms with E-state index >= 15 is 0 Å². The summed E-state index contributed by atoms with van der Waals surface area (Å²) in [6.45, 7) is -0.385. The van der Waals surface area contributed by atoms with Gasteiger partial charge in [0.1, 0.15) is 0 Å². The van der Waals surface area contributed by atoms with Crippen LogP contribution in [0.2, 0.25) is 5.02 Å². The summed E-state index contributed by atoms with van der Waals surface area (Å²) in [5, 5.41) is 7.87. The van der Waals surface area contributed by atoms with E-state index in [-0.39, 0.29) is 34.8 Å². The minimum absolute atomic E-state index is 0.0616. The second kappa shape index (κ2) is 11.5. The number of amides is 2. The molecular formula is C24H24ClF6N3O2. The van der Waals surface area contributed by atoms with Crippen LogP contribution in [-0.2, 0) is 23.7 Å². The first-order valence-electron chi connectivity index (χ1n) is 11.2. The molecule has 0 heterocycles. The van der Waals surface area contributed by atoms with Crippen molar-refractivity contribution in [2.75, 3.05) is 6.54 Å². The molecule has 12 heteroatoms. The van der Waals surface area contributed by atoms with Crippen LogP contribution in [0.25, 0.3) is 0 Å². The van der Waals surface area contributed by atoms with Gasteiger partial charge in [0.05, 0.1) is 22.7 Å². The van der Waals surface area contributed by atoms with E-state index in [2.05, 4.69) is 16.0 Å². The summed E-state index contributed by atoms with van der Waals surface area (Å²) in [7, 11) is 0. The van der Waals surface area contributed by atoms with Crippen molar-refractivity contribution in [2.24, 2.45) is 0 Å². The van der Waals surface area contributed by atoms with E-state index in [0.29, 0.717) is 18.9 Å². The fourth-order valence-electron chi connectivity index (χ4n) is 4.08. The van der Waals surface area contributed by atoms with Gasteiger partial charge in [-0.1, -0.05) is 42.6 Å². The molecule has 2 atom stereocenters. The molecule has 2 amide bonds. The SMILES string of the molecule is O=C(CNC(=O)c1cccc(C(F)(F)F)c1)N[C@H]1CCCC[C@@H]1NCc1cccc(C(F)(F)F)c1Cl. The molecule has 5 nitrogen and oxygen atoms in total. The summed E-state index contributed by atoms with van der Waals surface area (Å²) < 4.78 is 77.9. The van der Waals surface area contributed by atoms with Crippen molar-refractivity contribution in [1.29, 1.82) is 0 Å². The molecule has 1 saturated carbocycles. The van der Waals surface area contributed by atoms with Crippen molar-refractivity contribution in [3.05, 3.63) is 69.7 Å². The van der Waals surface area contributed by atoms with Crippen LogP contribution in [0.5, 0.6) is 0 Å². The monoisotopic (exact) mass is 535 g/mol. The Bertz CT molecular complexity index is 1090. The fraction of sp³-hybridized carbons (Fsp3) is 0.417. The zero-order valence-corrected chi connectivity index (χ0v) is 19.7. The number of alkyl halides is 6. The van der Waals surface area contributed by atoms with Crippen LogP contribution in [0.15, 0.2) is 42.5 Å². The zero-order valence-electron chi connectivity index (χ0n) is 18.9. The van der Waals surface area contributed by atoms with Gasteiger partial charge in [0.2, 0.25) is 5.91 Å². The number of rotatable bonds is 7. The molecular weight excluding hydrogens is 512 g/mol. The number of hydrogen-bond acceptors (Lipinski definition) is 3. The summed E-state index contributed by atoms with van der Waals surface area (Å²) in [5.74, 6) is -1.36. The Kier molecular flexibility index (Phi) is 8.89. The van der Waals surface area contributed by atoms with Gasteiger partial charge in [-0.15, -0.1) is 0 Å². The lowest BCUT2D eigenvalue weighted by atomic mass is 9.90. The molecule has 3 rings (SSSR count). The predicted molar refractivity (Wildman–Crippen MR) is 121 cm³/mol. The maximum Gasteiger partial charge on any atom is 0.417 e. The number of carbonyl (C=O) groups is 2. The fourth-order valence-corrected chi connectivity index (χ4v) is 4.38. The summed E-state index contributed by atoms with van der Waals surface area (Å²) in [6.07, 6.45) is -6.22. The first-order chi connectivity index (χ1) is 16.9. The lowest BCUT2D eigenvalue weighted by molar-refractivity contribution is -0.138. The van der Waals surface area contributed by atoms with Gasteiger partial charge in [0, 0.05) is 24.2 Å². The van der Waals surface area contributed by atoms with Gasteiger partial charge < -0.3 is 16.0 Å². The van der Waals surface area contributed by atoms with E-state index in [1.54, 1.807) is 0 Å². The lowest BCUT2D eigenvalue weighted by Gasteiger charge is -2.33. The van der Waals surface area contributed by atoms with E-state index < -0.39 is 41.8 Å². The standard InChI is InChI=1S/C24H24ClF6N3O2/c25-21-15(6-4-8-17(21)24(29,30)31)12-32-18-9-1-2-10-19(18)34-20(35)13-33-22(36)14-5-3-7-16(11-14)23(26,27)28/h3-8,11,18-19,32H,1-2,9-10,12-13H2,(H,33,36)(H,34,35)/t18-,19-/m0/s1. The first-order valence-corrected chi connectivity index (χ1v) is 11.6. The number of hydrogen-bond donors (Lipinski definition) is 3. The maximum atomic E-state index is 13.1. The molecule has 2 aromatic rings. The minimum Gasteiger partial charge on any atom is -0.350 e. The van der Waals surface area contributed by atoms with Gasteiger partial charge in [-0.2, -0.15) is 26.3 Å². The van der Waals surface area contributed by atoms with Crippen LogP contribution in [0, 0.1) is 0 Å². The van der Waals surface area contributed by atoms with Crippen molar-refractivity contribution in [3.63, 3.8) is 0 Å². The molecule has 1 aliphatic rings. The first kappa shape index (κ1) is 27.8. The van der Waals surface area contributed by atoms with E-state index in [9.17, 15) is 35.9 Å². The van der Waals surface area contributed by atoms with Crippen LogP contribution in [0.1, 0.15) is 52.7 Å². The number of benzene rings is 2. The molecule has 36 heavy (non-hydrogen) atoms. The van der Waals surface area contributed by atoms with Crippen molar-refractivity contribution in [2.45, 2.75) is 56.7 Å². The number of halogens is 7. The third-order valence-corrected chi connectivity index (χ3v) is 6.36. The second-order valence-corrected chi connectivity index (χ2v) is 8.86. The Morgan fingerprint density at radius 2 is 1.58 bits per heavy atom. The molecule has 0 unspecified atom stereocenters. The molecule has 2 aromatic carbocycles. The molecule has 196 valence electrons. The average Bonchev–Trinajstić information content (AvgIpc) is 2.81. The maximum absolute atomic E-state index is 13.1. The Morgan fingerprint density at radius 1 is 0.917 bits per heavy atom. The Labute approximate surface area is 208 Å². The van der Waals surface area contributed by atoms with Crippen LogP contribution < -0.4 is 16.0 Å². The largest absolute Gasteiger partial charge is 0.417 e. The third kappa shape index (κ3) is 7.36. The Hall–Kier alpha value is -2.79. The average molecular weight is 536 g/mol. The van der Waals surface area contributed by atoms with Gasteiger partial charge in [0.25, 0.3) is 5.91 Å². The lowest BCUT2D eigenvalue weighted by Crippen LogP contribution is -2.53. The summed E-state index contributed by atoms with van der Waals surface area (Å²) in [5.41, 5.74) is -1.85. The highest BCUT2D eigenvalue weighted by molar-refractivity contribution is 6.32. The van der Waals surface area contributed by atoms with Crippen LogP contribution in [-0.4, -0.2) is 30.4 Å². The van der Waals surface area contributed by atoms with E-state index in [1.165, 1.54) is 18.2 Å². The van der Waals surface area contributed by atoms with E-state index in [0.717, 1.165) is 31.0 Å². The van der Waals surface area contributed by atoms with Gasteiger partial charge >= 0.3 is 12.4 Å². The van der Waals surface area contributed by atoms with E-state index in [4.69, 9.17) is 11.6 Å². The second-order valence-electron chi connectivity index (χ2n) is 8.48. The molecule has 3 N–H and O–H groups in total. The topological polar surface area (TPSA) is 70.2 Å². The summed E-state index contributed by atoms with van der Waals surface area (Å²) in [6, 6.07) is 6.94. The van der Waals surface area contributed by atoms with Crippen LogP contribution in [0.3, 0.4) is 0 Å². The minimum atomic E-state index is -4.60. The molecule has 1 aliphatic carbocycles. The summed E-state index contributed by atoms with van der Waals surface area (Å²) in [4.78, 5) is 24.6. The smallest absolute Gasteiger partial charge is 0.350 e. The molecule has 0 aromatic heterocycles. The van der Waals surface area contributed by atoms with Crippen molar-refractivity contribution in [3.8, 4) is 0 Å². The highest BCUT2D eigenvalue weighted by Gasteiger charge is 2.34. The van der Waals surface area contributed by atoms with Gasteiger partial charge in [-0.05, 0) is 42.7 Å².